The predicted octanol–water partition coefficient (Wildman–Crippen LogP) is 2.98. The van der Waals surface area contributed by atoms with Gasteiger partial charge in [-0.2, -0.15) is 0 Å². The normalized spacial score (nSPS) is 12.8. The second-order valence-corrected chi connectivity index (χ2v) is 5.29. The van der Waals surface area contributed by atoms with E-state index in [-0.39, 0.29) is 0 Å². The fourth-order valence-electron chi connectivity index (χ4n) is 1.88. The van der Waals surface area contributed by atoms with Gasteiger partial charge in [0.25, 0.3) is 0 Å². The van der Waals surface area contributed by atoms with Crippen LogP contribution in [0.15, 0.2) is 12.1 Å². The van der Waals surface area contributed by atoms with Crippen LogP contribution in [0.25, 0.3) is 0 Å². The van der Waals surface area contributed by atoms with Gasteiger partial charge >= 0.3 is 0 Å². The zero-order valence-corrected chi connectivity index (χ0v) is 12.6. The molecule has 0 aliphatic carbocycles. The van der Waals surface area contributed by atoms with Gasteiger partial charge in [0.2, 0.25) is 0 Å². The van der Waals surface area contributed by atoms with Crippen LogP contribution in [0.1, 0.15) is 39.0 Å². The zero-order chi connectivity index (χ0) is 13.7. The predicted molar refractivity (Wildman–Crippen MR) is 79.1 cm³/mol. The van der Waals surface area contributed by atoms with Crippen molar-refractivity contribution in [1.29, 1.82) is 0 Å². The summed E-state index contributed by atoms with van der Waals surface area (Å²) in [6.07, 6.45) is 0. The van der Waals surface area contributed by atoms with Gasteiger partial charge in [0, 0.05) is 25.3 Å². The largest absolute Gasteiger partial charge is 0.357 e. The standard InChI is InChI=1S/C15H27N3/c1-7-16-10-14-8-9-15(17-12(14)4)18(6)13(5)11(2)3/h8-9,11,13,16H,7,10H2,1-6H3. The van der Waals surface area contributed by atoms with Gasteiger partial charge in [-0.05, 0) is 37.9 Å². The van der Waals surface area contributed by atoms with Crippen molar-refractivity contribution in [1.82, 2.24) is 10.3 Å². The number of nitrogens with zero attached hydrogens (tertiary/aromatic N) is 2. The van der Waals surface area contributed by atoms with Crippen molar-refractivity contribution in [2.24, 2.45) is 5.92 Å². The molecule has 0 bridgehead atoms. The molecule has 0 aliphatic heterocycles. The lowest BCUT2D eigenvalue weighted by atomic mass is 10.1. The maximum absolute atomic E-state index is 4.72. The van der Waals surface area contributed by atoms with Crippen molar-refractivity contribution in [3.8, 4) is 0 Å². The first-order valence-electron chi connectivity index (χ1n) is 6.87. The third kappa shape index (κ3) is 3.70. The monoisotopic (exact) mass is 249 g/mol. The van der Waals surface area contributed by atoms with Gasteiger partial charge in [-0.3, -0.25) is 0 Å². The molecule has 3 heteroatoms. The van der Waals surface area contributed by atoms with Crippen LogP contribution in [0.3, 0.4) is 0 Å². The number of pyridine rings is 1. The van der Waals surface area contributed by atoms with Crippen LogP contribution < -0.4 is 10.2 Å². The summed E-state index contributed by atoms with van der Waals surface area (Å²) in [7, 11) is 2.12. The fraction of sp³-hybridized carbons (Fsp3) is 0.667. The molecule has 1 N–H and O–H groups in total. The van der Waals surface area contributed by atoms with E-state index in [0.717, 1.165) is 24.6 Å². The van der Waals surface area contributed by atoms with Gasteiger partial charge in [-0.15, -0.1) is 0 Å². The summed E-state index contributed by atoms with van der Waals surface area (Å²) in [5.41, 5.74) is 2.41. The van der Waals surface area contributed by atoms with Crippen LogP contribution in [0, 0.1) is 12.8 Å². The molecule has 102 valence electrons. The minimum absolute atomic E-state index is 0.497. The molecular formula is C15H27N3. The Morgan fingerprint density at radius 1 is 1.28 bits per heavy atom. The van der Waals surface area contributed by atoms with Crippen LogP contribution in [0.2, 0.25) is 0 Å². The van der Waals surface area contributed by atoms with Crippen molar-refractivity contribution in [3.05, 3.63) is 23.4 Å². The summed E-state index contributed by atoms with van der Waals surface area (Å²) in [4.78, 5) is 6.97. The highest BCUT2D eigenvalue weighted by Gasteiger charge is 2.15. The molecule has 1 atom stereocenters. The quantitative estimate of drug-likeness (QED) is 0.840. The van der Waals surface area contributed by atoms with E-state index in [1.807, 2.05) is 0 Å². The summed E-state index contributed by atoms with van der Waals surface area (Å²) in [5, 5.41) is 3.34. The van der Waals surface area contributed by atoms with Crippen molar-refractivity contribution in [3.63, 3.8) is 0 Å². The molecule has 0 saturated carbocycles. The molecule has 3 nitrogen and oxygen atoms in total. The first kappa shape index (κ1) is 15.0. The number of hydrogen-bond donors (Lipinski definition) is 1. The van der Waals surface area contributed by atoms with Crippen molar-refractivity contribution in [2.75, 3.05) is 18.5 Å². The Balaban J connectivity index is 2.83. The lowest BCUT2D eigenvalue weighted by Crippen LogP contribution is -2.33. The number of anilines is 1. The summed E-state index contributed by atoms with van der Waals surface area (Å²) < 4.78 is 0. The Kier molecular flexibility index (Phi) is 5.60. The first-order valence-corrected chi connectivity index (χ1v) is 6.87. The molecule has 0 spiro atoms. The van der Waals surface area contributed by atoms with E-state index < -0.39 is 0 Å². The third-order valence-corrected chi connectivity index (χ3v) is 3.68. The number of rotatable bonds is 6. The minimum atomic E-state index is 0.497. The second-order valence-electron chi connectivity index (χ2n) is 5.29. The molecule has 0 aliphatic rings. The van der Waals surface area contributed by atoms with E-state index >= 15 is 0 Å². The number of hydrogen-bond acceptors (Lipinski definition) is 3. The van der Waals surface area contributed by atoms with E-state index in [1.165, 1.54) is 5.56 Å². The molecule has 0 aromatic carbocycles. The average molecular weight is 249 g/mol. The van der Waals surface area contributed by atoms with E-state index in [9.17, 15) is 0 Å². The van der Waals surface area contributed by atoms with Gasteiger partial charge in [0.05, 0.1) is 0 Å². The summed E-state index contributed by atoms with van der Waals surface area (Å²) >= 11 is 0. The minimum Gasteiger partial charge on any atom is -0.357 e. The second kappa shape index (κ2) is 6.74. The number of aryl methyl sites for hydroxylation is 1. The topological polar surface area (TPSA) is 28.2 Å². The smallest absolute Gasteiger partial charge is 0.128 e. The van der Waals surface area contributed by atoms with Crippen molar-refractivity contribution in [2.45, 2.75) is 47.2 Å². The first-order chi connectivity index (χ1) is 8.47. The molecule has 0 fully saturated rings. The Labute approximate surface area is 112 Å². The van der Waals surface area contributed by atoms with Gasteiger partial charge in [-0.25, -0.2) is 4.98 Å². The van der Waals surface area contributed by atoms with Crippen molar-refractivity contribution < 1.29 is 0 Å². The molecule has 1 heterocycles. The molecule has 0 radical (unpaired) electrons. The van der Waals surface area contributed by atoms with Crippen LogP contribution >= 0.6 is 0 Å². The molecule has 1 aromatic heterocycles. The van der Waals surface area contributed by atoms with Gasteiger partial charge in [0.15, 0.2) is 0 Å². The third-order valence-electron chi connectivity index (χ3n) is 3.68. The van der Waals surface area contributed by atoms with E-state index in [1.54, 1.807) is 0 Å². The SMILES string of the molecule is CCNCc1ccc(N(C)C(C)C(C)C)nc1C. The molecule has 1 unspecified atom stereocenters. The number of nitrogens with one attached hydrogen (secondary N) is 1. The van der Waals surface area contributed by atoms with Gasteiger partial charge < -0.3 is 10.2 Å². The van der Waals surface area contributed by atoms with Crippen LogP contribution in [0.4, 0.5) is 5.82 Å². The van der Waals surface area contributed by atoms with Crippen LogP contribution in [0.5, 0.6) is 0 Å². The Morgan fingerprint density at radius 2 is 1.94 bits per heavy atom. The molecule has 0 saturated heterocycles. The molecule has 1 rings (SSSR count). The number of aromatic nitrogens is 1. The highest BCUT2D eigenvalue weighted by molar-refractivity contribution is 5.41. The summed E-state index contributed by atoms with van der Waals surface area (Å²) in [6.45, 7) is 12.8. The molecular weight excluding hydrogens is 222 g/mol. The molecule has 18 heavy (non-hydrogen) atoms. The summed E-state index contributed by atoms with van der Waals surface area (Å²) in [6, 6.07) is 4.80. The lowest BCUT2D eigenvalue weighted by Gasteiger charge is -2.29. The summed E-state index contributed by atoms with van der Waals surface area (Å²) in [5.74, 6) is 1.69. The maximum atomic E-state index is 4.72. The highest BCUT2D eigenvalue weighted by Crippen LogP contribution is 2.18. The Hall–Kier alpha value is -1.09. The van der Waals surface area contributed by atoms with Gasteiger partial charge in [0.1, 0.15) is 5.82 Å². The lowest BCUT2D eigenvalue weighted by molar-refractivity contribution is 0.502. The highest BCUT2D eigenvalue weighted by atomic mass is 15.2. The fourth-order valence-corrected chi connectivity index (χ4v) is 1.88. The maximum Gasteiger partial charge on any atom is 0.128 e. The van der Waals surface area contributed by atoms with Crippen molar-refractivity contribution >= 4 is 5.82 Å². The average Bonchev–Trinajstić information content (AvgIpc) is 2.35. The van der Waals surface area contributed by atoms with Gasteiger partial charge in [-0.1, -0.05) is 26.8 Å². The van der Waals surface area contributed by atoms with E-state index in [2.05, 4.69) is 64.0 Å². The molecule has 1 aromatic rings. The zero-order valence-electron chi connectivity index (χ0n) is 12.6. The molecule has 0 amide bonds. The van der Waals surface area contributed by atoms with E-state index in [4.69, 9.17) is 4.98 Å². The van der Waals surface area contributed by atoms with Crippen LogP contribution in [-0.2, 0) is 6.54 Å². The van der Waals surface area contributed by atoms with E-state index in [0.29, 0.717) is 12.0 Å². The van der Waals surface area contributed by atoms with Crippen LogP contribution in [-0.4, -0.2) is 24.6 Å². The Bertz CT molecular complexity index is 374. The Morgan fingerprint density at radius 3 is 2.44 bits per heavy atom.